The number of nitrogens with one attached hydrogen (secondary N) is 2. The minimum atomic E-state index is -3.26. The lowest BCUT2D eigenvalue weighted by molar-refractivity contribution is -0.139. The molecule has 2 amide bonds. The molecule has 110 valence electrons. The molecule has 0 aromatic carbocycles. The monoisotopic (exact) mass is 292 g/mol. The van der Waals surface area contributed by atoms with Crippen molar-refractivity contribution in [1.82, 2.24) is 10.6 Å². The number of rotatable bonds is 8. The molecular weight excluding hydrogens is 272 g/mol. The van der Waals surface area contributed by atoms with E-state index in [0.717, 1.165) is 6.26 Å². The van der Waals surface area contributed by atoms with E-state index in [1.54, 1.807) is 0 Å². The van der Waals surface area contributed by atoms with E-state index in [1.165, 1.54) is 0 Å². The lowest BCUT2D eigenvalue weighted by atomic mass is 10.2. The predicted octanol–water partition coefficient (Wildman–Crippen LogP) is 0.140. The molecule has 0 aliphatic rings. The average Bonchev–Trinajstić information content (AvgIpc) is 2.28. The van der Waals surface area contributed by atoms with Crippen LogP contribution in [0.5, 0.6) is 0 Å². The highest BCUT2D eigenvalue weighted by molar-refractivity contribution is 7.90. The van der Waals surface area contributed by atoms with Crippen LogP contribution < -0.4 is 10.6 Å². The van der Waals surface area contributed by atoms with E-state index in [4.69, 9.17) is 5.11 Å². The van der Waals surface area contributed by atoms with E-state index in [0.29, 0.717) is 13.0 Å². The summed E-state index contributed by atoms with van der Waals surface area (Å²) in [5.74, 6) is -1.55. The van der Waals surface area contributed by atoms with Crippen molar-refractivity contribution in [3.05, 3.63) is 12.2 Å². The van der Waals surface area contributed by atoms with Crippen LogP contribution in [-0.4, -0.2) is 50.1 Å². The number of aliphatic carboxylic acids is 1. The molecule has 0 rings (SSSR count). The van der Waals surface area contributed by atoms with E-state index in [9.17, 15) is 18.0 Å². The summed E-state index contributed by atoms with van der Waals surface area (Å²) in [4.78, 5) is 22.3. The minimum Gasteiger partial charge on any atom is -0.480 e. The maximum Gasteiger partial charge on any atom is 0.326 e. The number of sulfone groups is 1. The average molecular weight is 292 g/mol. The highest BCUT2D eigenvalue weighted by atomic mass is 32.2. The SMILES string of the molecule is C/C=C/CCNC(=O)NC(CCS(C)(=O)=O)C(=O)O. The van der Waals surface area contributed by atoms with Crippen LogP contribution in [0.1, 0.15) is 19.8 Å². The van der Waals surface area contributed by atoms with Crippen LogP contribution >= 0.6 is 0 Å². The van der Waals surface area contributed by atoms with Crippen LogP contribution in [0.3, 0.4) is 0 Å². The van der Waals surface area contributed by atoms with E-state index >= 15 is 0 Å². The largest absolute Gasteiger partial charge is 0.480 e. The normalized spacial score (nSPS) is 13.2. The second-order valence-electron chi connectivity index (χ2n) is 4.07. The number of carboxylic acids is 1. The van der Waals surface area contributed by atoms with Gasteiger partial charge in [0.05, 0.1) is 5.75 Å². The number of allylic oxidation sites excluding steroid dienone is 1. The van der Waals surface area contributed by atoms with Gasteiger partial charge in [0.2, 0.25) is 0 Å². The number of carbonyl (C=O) groups excluding carboxylic acids is 1. The number of amides is 2. The van der Waals surface area contributed by atoms with Gasteiger partial charge in [-0.25, -0.2) is 18.0 Å². The molecule has 0 aromatic rings. The van der Waals surface area contributed by atoms with Gasteiger partial charge in [-0.1, -0.05) is 12.2 Å². The third-order valence-electron chi connectivity index (χ3n) is 2.21. The van der Waals surface area contributed by atoms with Gasteiger partial charge in [-0.3, -0.25) is 0 Å². The van der Waals surface area contributed by atoms with Crippen LogP contribution in [0.2, 0.25) is 0 Å². The number of carboxylic acid groups (broad SMARTS) is 1. The second kappa shape index (κ2) is 8.52. The fraction of sp³-hybridized carbons (Fsp3) is 0.636. The Kier molecular flexibility index (Phi) is 7.81. The lowest BCUT2D eigenvalue weighted by Crippen LogP contribution is -2.46. The van der Waals surface area contributed by atoms with Gasteiger partial charge in [-0.15, -0.1) is 0 Å². The maximum absolute atomic E-state index is 11.4. The Morgan fingerprint density at radius 2 is 2.00 bits per heavy atom. The zero-order valence-electron chi connectivity index (χ0n) is 11.0. The number of hydrogen-bond donors (Lipinski definition) is 3. The topological polar surface area (TPSA) is 113 Å². The van der Waals surface area contributed by atoms with Crippen molar-refractivity contribution >= 4 is 21.8 Å². The number of carbonyl (C=O) groups is 2. The summed E-state index contributed by atoms with van der Waals surface area (Å²) in [6.07, 6.45) is 5.20. The number of urea groups is 1. The van der Waals surface area contributed by atoms with Crippen molar-refractivity contribution in [2.24, 2.45) is 0 Å². The summed E-state index contributed by atoms with van der Waals surface area (Å²) in [7, 11) is -3.26. The first-order valence-electron chi connectivity index (χ1n) is 5.82. The van der Waals surface area contributed by atoms with E-state index in [-0.39, 0.29) is 12.2 Å². The minimum absolute atomic E-state index is 0.156. The van der Waals surface area contributed by atoms with Crippen molar-refractivity contribution < 1.29 is 23.1 Å². The second-order valence-corrected chi connectivity index (χ2v) is 6.33. The zero-order valence-corrected chi connectivity index (χ0v) is 11.9. The Morgan fingerprint density at radius 3 is 2.47 bits per heavy atom. The summed E-state index contributed by atoms with van der Waals surface area (Å²) in [5, 5.41) is 13.6. The van der Waals surface area contributed by atoms with Crippen molar-refractivity contribution in [3.8, 4) is 0 Å². The molecule has 0 bridgehead atoms. The zero-order chi connectivity index (χ0) is 14.9. The van der Waals surface area contributed by atoms with Gasteiger partial charge in [0.25, 0.3) is 0 Å². The van der Waals surface area contributed by atoms with Crippen molar-refractivity contribution in [2.75, 3.05) is 18.6 Å². The third-order valence-corrected chi connectivity index (χ3v) is 3.19. The summed E-state index contributed by atoms with van der Waals surface area (Å²) in [6.45, 7) is 2.24. The van der Waals surface area contributed by atoms with Crippen LogP contribution in [0.15, 0.2) is 12.2 Å². The highest BCUT2D eigenvalue weighted by Gasteiger charge is 2.21. The molecular formula is C11H20N2O5S. The van der Waals surface area contributed by atoms with Crippen LogP contribution in [0.25, 0.3) is 0 Å². The molecule has 0 spiro atoms. The molecule has 0 fully saturated rings. The Labute approximate surface area is 113 Å². The van der Waals surface area contributed by atoms with Gasteiger partial charge in [0, 0.05) is 12.8 Å². The molecule has 8 heteroatoms. The fourth-order valence-corrected chi connectivity index (χ4v) is 1.90. The highest BCUT2D eigenvalue weighted by Crippen LogP contribution is 1.97. The molecule has 7 nitrogen and oxygen atoms in total. The molecule has 1 atom stereocenters. The molecule has 0 aliphatic carbocycles. The Hall–Kier alpha value is -1.57. The van der Waals surface area contributed by atoms with E-state index in [2.05, 4.69) is 10.6 Å². The quantitative estimate of drug-likeness (QED) is 0.435. The number of hydrogen-bond acceptors (Lipinski definition) is 4. The van der Waals surface area contributed by atoms with Crippen LogP contribution in [0.4, 0.5) is 4.79 Å². The first kappa shape index (κ1) is 17.4. The molecule has 19 heavy (non-hydrogen) atoms. The van der Waals surface area contributed by atoms with Gasteiger partial charge in [0.15, 0.2) is 0 Å². The molecule has 0 aliphatic heterocycles. The van der Waals surface area contributed by atoms with Gasteiger partial charge in [-0.05, 0) is 19.8 Å². The van der Waals surface area contributed by atoms with Gasteiger partial charge in [-0.2, -0.15) is 0 Å². The smallest absolute Gasteiger partial charge is 0.326 e. The summed E-state index contributed by atoms with van der Waals surface area (Å²) >= 11 is 0. The van der Waals surface area contributed by atoms with Crippen molar-refractivity contribution in [2.45, 2.75) is 25.8 Å². The first-order valence-corrected chi connectivity index (χ1v) is 7.88. The molecule has 0 saturated carbocycles. The molecule has 0 radical (unpaired) electrons. The Bertz CT molecular complexity index is 430. The molecule has 0 saturated heterocycles. The Morgan fingerprint density at radius 1 is 1.37 bits per heavy atom. The van der Waals surface area contributed by atoms with Crippen molar-refractivity contribution in [3.63, 3.8) is 0 Å². The van der Waals surface area contributed by atoms with Crippen LogP contribution in [-0.2, 0) is 14.6 Å². The first-order chi connectivity index (χ1) is 8.76. The van der Waals surface area contributed by atoms with E-state index in [1.807, 2.05) is 19.1 Å². The molecule has 0 heterocycles. The maximum atomic E-state index is 11.4. The summed E-state index contributed by atoms with van der Waals surface area (Å²) < 4.78 is 21.9. The van der Waals surface area contributed by atoms with E-state index < -0.39 is 27.9 Å². The van der Waals surface area contributed by atoms with Gasteiger partial charge in [0.1, 0.15) is 15.9 Å². The van der Waals surface area contributed by atoms with Gasteiger partial charge < -0.3 is 15.7 Å². The van der Waals surface area contributed by atoms with Crippen LogP contribution in [0, 0.1) is 0 Å². The van der Waals surface area contributed by atoms with Crippen molar-refractivity contribution in [1.29, 1.82) is 0 Å². The predicted molar refractivity (Wildman–Crippen MR) is 71.7 cm³/mol. The van der Waals surface area contributed by atoms with Gasteiger partial charge >= 0.3 is 12.0 Å². The Balaban J connectivity index is 4.19. The standard InChI is InChI=1S/C11H20N2O5S/c1-3-4-5-7-12-11(16)13-9(10(14)15)6-8-19(2,17)18/h3-4,9H,5-8H2,1-2H3,(H,14,15)(H2,12,13,16)/b4-3+. The fourth-order valence-electron chi connectivity index (χ4n) is 1.23. The summed E-state index contributed by atoms with van der Waals surface area (Å²) in [5.41, 5.74) is 0. The lowest BCUT2D eigenvalue weighted by Gasteiger charge is -2.14. The molecule has 1 unspecified atom stereocenters. The molecule has 3 N–H and O–H groups in total. The third kappa shape index (κ3) is 10.1. The molecule has 0 aromatic heterocycles. The summed E-state index contributed by atoms with van der Waals surface area (Å²) in [6, 6.07) is -1.83.